The van der Waals surface area contributed by atoms with Crippen LogP contribution in [0, 0.1) is 26.7 Å². The van der Waals surface area contributed by atoms with Crippen LogP contribution in [-0.4, -0.2) is 16.9 Å². The molecule has 0 radical (unpaired) electrons. The number of nitrogens with zero attached hydrogens (tertiary/aromatic N) is 1. The second-order valence-electron chi connectivity index (χ2n) is 5.92. The first-order valence-corrected chi connectivity index (χ1v) is 7.97. The van der Waals surface area contributed by atoms with Crippen LogP contribution in [0.5, 0.6) is 0 Å². The van der Waals surface area contributed by atoms with Gasteiger partial charge in [0.05, 0.1) is 4.88 Å². The van der Waals surface area contributed by atoms with E-state index in [1.54, 1.807) is 0 Å². The van der Waals surface area contributed by atoms with Gasteiger partial charge in [0.1, 0.15) is 4.83 Å². The van der Waals surface area contributed by atoms with Gasteiger partial charge in [0.25, 0.3) is 5.91 Å². The minimum Gasteiger partial charge on any atom is -0.349 e. The van der Waals surface area contributed by atoms with Crippen LogP contribution < -0.4 is 5.32 Å². The summed E-state index contributed by atoms with van der Waals surface area (Å²) >= 11 is 1.51. The van der Waals surface area contributed by atoms with Gasteiger partial charge in [-0.15, -0.1) is 11.3 Å². The Balaban J connectivity index is 1.96. The van der Waals surface area contributed by atoms with Crippen molar-refractivity contribution in [3.63, 3.8) is 0 Å². The molecule has 1 aliphatic rings. The highest BCUT2D eigenvalue weighted by Gasteiger charge is 2.30. The van der Waals surface area contributed by atoms with E-state index in [9.17, 15) is 4.79 Å². The third kappa shape index (κ3) is 2.33. The Bertz CT molecular complexity index is 685. The lowest BCUT2D eigenvalue weighted by Gasteiger charge is -2.12. The molecule has 4 heteroatoms. The number of carbonyl (C=O) groups excluding carboxylic acids is 1. The maximum absolute atomic E-state index is 12.4. The second-order valence-corrected chi connectivity index (χ2v) is 6.92. The number of hydrogen-bond acceptors (Lipinski definition) is 3. The highest BCUT2D eigenvalue weighted by Crippen LogP contribution is 2.34. The number of carbonyl (C=O) groups is 1. The van der Waals surface area contributed by atoms with Gasteiger partial charge in [-0.25, -0.2) is 4.98 Å². The summed E-state index contributed by atoms with van der Waals surface area (Å²) in [5.74, 6) is 0.734. The summed E-state index contributed by atoms with van der Waals surface area (Å²) in [5, 5.41) is 4.28. The highest BCUT2D eigenvalue weighted by molar-refractivity contribution is 7.20. The monoisotopic (exact) mass is 288 g/mol. The number of aromatic nitrogens is 1. The molecule has 1 unspecified atom stereocenters. The molecule has 0 bridgehead atoms. The minimum atomic E-state index is 0.0574. The van der Waals surface area contributed by atoms with Crippen LogP contribution in [0.2, 0.25) is 0 Å². The van der Waals surface area contributed by atoms with E-state index in [-0.39, 0.29) is 11.9 Å². The highest BCUT2D eigenvalue weighted by atomic mass is 32.1. The van der Waals surface area contributed by atoms with Gasteiger partial charge in [-0.3, -0.25) is 4.79 Å². The van der Waals surface area contributed by atoms with Crippen LogP contribution in [0.15, 0.2) is 6.07 Å². The SMILES string of the molecule is Cc1cc(C)c2c(C)c(C(=O)NC(C)C3CC3)sc2n1. The average Bonchev–Trinajstić information content (AvgIpc) is 3.14. The fourth-order valence-electron chi connectivity index (χ4n) is 2.82. The van der Waals surface area contributed by atoms with Crippen molar-refractivity contribution >= 4 is 27.5 Å². The Morgan fingerprint density at radius 3 is 2.75 bits per heavy atom. The van der Waals surface area contributed by atoms with Crippen molar-refractivity contribution in [2.24, 2.45) is 5.92 Å². The van der Waals surface area contributed by atoms with Gasteiger partial charge in [-0.2, -0.15) is 0 Å². The van der Waals surface area contributed by atoms with E-state index in [0.29, 0.717) is 5.92 Å². The molecule has 1 aliphatic carbocycles. The molecule has 3 nitrogen and oxygen atoms in total. The Morgan fingerprint density at radius 2 is 2.10 bits per heavy atom. The Morgan fingerprint density at radius 1 is 1.40 bits per heavy atom. The fraction of sp³-hybridized carbons (Fsp3) is 0.500. The number of aryl methyl sites for hydroxylation is 3. The van der Waals surface area contributed by atoms with Crippen molar-refractivity contribution in [2.45, 2.75) is 46.6 Å². The number of rotatable bonds is 3. The Hall–Kier alpha value is -1.42. The summed E-state index contributed by atoms with van der Waals surface area (Å²) in [5.41, 5.74) is 3.28. The van der Waals surface area contributed by atoms with E-state index in [2.05, 4.69) is 30.2 Å². The maximum Gasteiger partial charge on any atom is 0.261 e. The standard InChI is InChI=1S/C16H20N2OS/c1-8-7-9(2)17-16-13(8)10(3)14(20-16)15(19)18-11(4)12-5-6-12/h7,11-12H,5-6H2,1-4H3,(H,18,19). The van der Waals surface area contributed by atoms with E-state index >= 15 is 0 Å². The van der Waals surface area contributed by atoms with E-state index in [1.165, 1.54) is 29.7 Å². The molecule has 0 saturated heterocycles. The van der Waals surface area contributed by atoms with Crippen molar-refractivity contribution < 1.29 is 4.79 Å². The van der Waals surface area contributed by atoms with Gasteiger partial charge in [0.15, 0.2) is 0 Å². The first-order chi connectivity index (χ1) is 9.47. The van der Waals surface area contributed by atoms with E-state index in [1.807, 2.05) is 13.8 Å². The van der Waals surface area contributed by atoms with Crippen molar-refractivity contribution in [1.29, 1.82) is 0 Å². The summed E-state index contributed by atoms with van der Waals surface area (Å²) in [6, 6.07) is 2.36. The summed E-state index contributed by atoms with van der Waals surface area (Å²) in [6.07, 6.45) is 2.49. The summed E-state index contributed by atoms with van der Waals surface area (Å²) in [4.78, 5) is 18.8. The van der Waals surface area contributed by atoms with Crippen molar-refractivity contribution in [2.75, 3.05) is 0 Å². The van der Waals surface area contributed by atoms with Crippen LogP contribution in [0.25, 0.3) is 10.2 Å². The Labute approximate surface area is 123 Å². The van der Waals surface area contributed by atoms with Crippen LogP contribution in [0.4, 0.5) is 0 Å². The van der Waals surface area contributed by atoms with E-state index in [4.69, 9.17) is 0 Å². The second kappa shape index (κ2) is 4.85. The quantitative estimate of drug-likeness (QED) is 0.934. The molecule has 106 valence electrons. The van der Waals surface area contributed by atoms with Crippen molar-refractivity contribution in [3.05, 3.63) is 27.8 Å². The third-order valence-corrected chi connectivity index (χ3v) is 5.30. The number of pyridine rings is 1. The first-order valence-electron chi connectivity index (χ1n) is 7.15. The predicted molar refractivity (Wildman–Crippen MR) is 83.5 cm³/mol. The lowest BCUT2D eigenvalue weighted by Crippen LogP contribution is -2.33. The normalized spacial score (nSPS) is 16.4. The van der Waals surface area contributed by atoms with E-state index < -0.39 is 0 Å². The fourth-order valence-corrected chi connectivity index (χ4v) is 4.03. The van der Waals surface area contributed by atoms with E-state index in [0.717, 1.165) is 26.4 Å². The number of fused-ring (bicyclic) bond motifs is 1. The van der Waals surface area contributed by atoms with Gasteiger partial charge >= 0.3 is 0 Å². The molecule has 2 heterocycles. The zero-order valence-corrected chi connectivity index (χ0v) is 13.2. The molecule has 20 heavy (non-hydrogen) atoms. The molecule has 2 aromatic rings. The number of thiophene rings is 1. The molecule has 0 spiro atoms. The van der Waals surface area contributed by atoms with Gasteiger partial charge < -0.3 is 5.32 Å². The molecule has 0 aromatic carbocycles. The van der Waals surface area contributed by atoms with Gasteiger partial charge in [-0.05, 0) is 63.6 Å². The summed E-state index contributed by atoms with van der Waals surface area (Å²) in [7, 11) is 0. The smallest absolute Gasteiger partial charge is 0.261 e. The molecule has 0 aliphatic heterocycles. The molecule has 3 rings (SSSR count). The molecule has 1 atom stereocenters. The number of hydrogen-bond donors (Lipinski definition) is 1. The zero-order valence-electron chi connectivity index (χ0n) is 12.4. The van der Waals surface area contributed by atoms with Crippen LogP contribution in [-0.2, 0) is 0 Å². The molecular formula is C16H20N2OS. The third-order valence-electron chi connectivity index (χ3n) is 4.12. The number of nitrogens with one attached hydrogen (secondary N) is 1. The van der Waals surface area contributed by atoms with Gasteiger partial charge in [0, 0.05) is 17.1 Å². The van der Waals surface area contributed by atoms with Gasteiger partial charge in [-0.1, -0.05) is 0 Å². The zero-order chi connectivity index (χ0) is 14.4. The average molecular weight is 288 g/mol. The molecular weight excluding hydrogens is 268 g/mol. The Kier molecular flexibility index (Phi) is 3.28. The number of amides is 1. The van der Waals surface area contributed by atoms with Crippen molar-refractivity contribution in [1.82, 2.24) is 10.3 Å². The van der Waals surface area contributed by atoms with Crippen LogP contribution in [0.1, 0.15) is 46.3 Å². The van der Waals surface area contributed by atoms with Crippen LogP contribution in [0.3, 0.4) is 0 Å². The minimum absolute atomic E-state index is 0.0574. The lowest BCUT2D eigenvalue weighted by atomic mass is 10.1. The van der Waals surface area contributed by atoms with Crippen molar-refractivity contribution in [3.8, 4) is 0 Å². The first kappa shape index (κ1) is 13.6. The predicted octanol–water partition coefficient (Wildman–Crippen LogP) is 3.75. The molecule has 1 N–H and O–H groups in total. The van der Waals surface area contributed by atoms with Gasteiger partial charge in [0.2, 0.25) is 0 Å². The molecule has 1 saturated carbocycles. The lowest BCUT2D eigenvalue weighted by molar-refractivity contribution is 0.0939. The summed E-state index contributed by atoms with van der Waals surface area (Å²) in [6.45, 7) is 8.22. The molecule has 2 aromatic heterocycles. The topological polar surface area (TPSA) is 42.0 Å². The molecule has 1 fully saturated rings. The largest absolute Gasteiger partial charge is 0.349 e. The van der Waals surface area contributed by atoms with Crippen LogP contribution >= 0.6 is 11.3 Å². The summed E-state index contributed by atoms with van der Waals surface area (Å²) < 4.78 is 0. The molecule has 1 amide bonds. The maximum atomic E-state index is 12.4.